The Morgan fingerprint density at radius 2 is 1.85 bits per heavy atom. The number of benzene rings is 2. The smallest absolute Gasteiger partial charge is 0.338 e. The molecule has 5 nitrogen and oxygen atoms in total. The topological polar surface area (TPSA) is 64.6 Å². The van der Waals surface area contributed by atoms with E-state index in [9.17, 15) is 9.59 Å². The maximum atomic E-state index is 12.4. The van der Waals surface area contributed by atoms with E-state index < -0.39 is 18.0 Å². The first-order valence-corrected chi connectivity index (χ1v) is 9.11. The van der Waals surface area contributed by atoms with Crippen molar-refractivity contribution in [3.05, 3.63) is 69.2 Å². The van der Waals surface area contributed by atoms with Gasteiger partial charge in [-0.05, 0) is 49.2 Å². The molecule has 0 aliphatic heterocycles. The molecule has 0 radical (unpaired) electrons. The van der Waals surface area contributed by atoms with Crippen LogP contribution < -0.4 is 5.32 Å². The molecule has 0 aliphatic carbocycles. The summed E-state index contributed by atoms with van der Waals surface area (Å²) in [6, 6.07) is 11.6. The predicted octanol–water partition coefficient (Wildman–Crippen LogP) is 4.56. The Bertz CT molecular complexity index is 825. The summed E-state index contributed by atoms with van der Waals surface area (Å²) in [5.41, 5.74) is 1.92. The van der Waals surface area contributed by atoms with Crippen LogP contribution in [-0.4, -0.2) is 25.1 Å². The average molecular weight is 410 g/mol. The second kappa shape index (κ2) is 9.74. The molecule has 7 heteroatoms. The Kier molecular flexibility index (Phi) is 7.66. The van der Waals surface area contributed by atoms with E-state index in [1.165, 1.54) is 6.92 Å². The van der Waals surface area contributed by atoms with E-state index in [1.807, 2.05) is 6.07 Å². The minimum absolute atomic E-state index is 0.359. The molecule has 1 amide bonds. The third kappa shape index (κ3) is 5.96. The number of carbonyl (C=O) groups excluding carboxylic acids is 2. The van der Waals surface area contributed by atoms with Crippen LogP contribution in [0.25, 0.3) is 0 Å². The number of amides is 1. The molecule has 0 saturated heterocycles. The molecule has 0 aromatic heterocycles. The van der Waals surface area contributed by atoms with Crippen molar-refractivity contribution in [2.24, 2.45) is 0 Å². The van der Waals surface area contributed by atoms with Gasteiger partial charge in [-0.15, -0.1) is 0 Å². The zero-order valence-corrected chi connectivity index (χ0v) is 16.8. The van der Waals surface area contributed by atoms with Crippen LogP contribution in [0, 0.1) is 0 Å². The predicted molar refractivity (Wildman–Crippen MR) is 105 cm³/mol. The van der Waals surface area contributed by atoms with Crippen LogP contribution in [0.15, 0.2) is 42.5 Å². The second-order valence-electron chi connectivity index (χ2n) is 6.08. The maximum absolute atomic E-state index is 12.4. The molecule has 0 heterocycles. The van der Waals surface area contributed by atoms with Gasteiger partial charge < -0.3 is 14.8 Å². The van der Waals surface area contributed by atoms with Crippen LogP contribution in [0.4, 0.5) is 0 Å². The summed E-state index contributed by atoms with van der Waals surface area (Å²) in [6.07, 6.45) is -0.961. The highest BCUT2D eigenvalue weighted by Gasteiger charge is 2.22. The number of halogens is 2. The van der Waals surface area contributed by atoms with Crippen molar-refractivity contribution in [3.8, 4) is 0 Å². The average Bonchev–Trinajstić information content (AvgIpc) is 2.61. The number of methoxy groups -OCH3 is 1. The lowest BCUT2D eigenvalue weighted by Gasteiger charge is -2.19. The fourth-order valence-electron chi connectivity index (χ4n) is 2.50. The number of rotatable bonds is 7. The van der Waals surface area contributed by atoms with Gasteiger partial charge in [-0.1, -0.05) is 41.4 Å². The van der Waals surface area contributed by atoms with Crippen LogP contribution in [0.2, 0.25) is 10.0 Å². The molecular weight excluding hydrogens is 389 g/mol. The Balaban J connectivity index is 1.98. The van der Waals surface area contributed by atoms with Gasteiger partial charge in [0.25, 0.3) is 5.91 Å². The first-order chi connectivity index (χ1) is 12.8. The lowest BCUT2D eigenvalue weighted by molar-refractivity contribution is -0.129. The Hall–Kier alpha value is -2.08. The monoisotopic (exact) mass is 409 g/mol. The van der Waals surface area contributed by atoms with Crippen molar-refractivity contribution in [1.82, 2.24) is 5.32 Å². The van der Waals surface area contributed by atoms with Crippen LogP contribution in [0.5, 0.6) is 0 Å². The van der Waals surface area contributed by atoms with Crippen molar-refractivity contribution in [2.75, 3.05) is 7.11 Å². The van der Waals surface area contributed by atoms with E-state index in [2.05, 4.69) is 5.32 Å². The molecule has 2 rings (SSSR count). The minimum atomic E-state index is -0.961. The summed E-state index contributed by atoms with van der Waals surface area (Å²) in [5.74, 6) is -0.998. The second-order valence-corrected chi connectivity index (χ2v) is 6.92. The minimum Gasteiger partial charge on any atom is -0.449 e. The standard InChI is InChI=1S/C20H21Cl2NO4/c1-12(17-8-7-16(21)10-18(17)22)23-19(24)13(2)27-20(25)15-6-4-5-14(9-15)11-26-3/h4-10,12-13H,11H2,1-3H3,(H,23,24). The highest BCUT2D eigenvalue weighted by molar-refractivity contribution is 6.35. The van der Waals surface area contributed by atoms with E-state index in [1.54, 1.807) is 50.4 Å². The maximum Gasteiger partial charge on any atom is 0.338 e. The largest absolute Gasteiger partial charge is 0.449 e. The lowest BCUT2D eigenvalue weighted by atomic mass is 10.1. The number of carbonyl (C=O) groups is 2. The van der Waals surface area contributed by atoms with Gasteiger partial charge in [0, 0.05) is 17.2 Å². The van der Waals surface area contributed by atoms with Crippen LogP contribution in [0.3, 0.4) is 0 Å². The Morgan fingerprint density at radius 1 is 1.11 bits per heavy atom. The summed E-state index contributed by atoms with van der Waals surface area (Å²) in [4.78, 5) is 24.6. The summed E-state index contributed by atoms with van der Waals surface area (Å²) < 4.78 is 10.3. The van der Waals surface area contributed by atoms with Gasteiger partial charge in [0.15, 0.2) is 6.10 Å². The molecule has 0 saturated carbocycles. The van der Waals surface area contributed by atoms with Gasteiger partial charge in [-0.2, -0.15) is 0 Å². The first kappa shape index (κ1) is 21.2. The third-order valence-corrected chi connectivity index (χ3v) is 4.48. The van der Waals surface area contributed by atoms with Gasteiger partial charge in [-0.25, -0.2) is 4.79 Å². The third-order valence-electron chi connectivity index (χ3n) is 3.91. The summed E-state index contributed by atoms with van der Waals surface area (Å²) in [7, 11) is 1.57. The van der Waals surface area contributed by atoms with Gasteiger partial charge in [-0.3, -0.25) is 4.79 Å². The molecular formula is C20H21Cl2NO4. The Morgan fingerprint density at radius 3 is 2.52 bits per heavy atom. The number of ether oxygens (including phenoxy) is 2. The van der Waals surface area contributed by atoms with Gasteiger partial charge in [0.05, 0.1) is 18.2 Å². The van der Waals surface area contributed by atoms with Crippen molar-refractivity contribution in [2.45, 2.75) is 32.6 Å². The number of esters is 1. The van der Waals surface area contributed by atoms with E-state index >= 15 is 0 Å². The van der Waals surface area contributed by atoms with E-state index in [-0.39, 0.29) is 6.04 Å². The highest BCUT2D eigenvalue weighted by Crippen LogP contribution is 2.26. The quantitative estimate of drug-likeness (QED) is 0.680. The summed E-state index contributed by atoms with van der Waals surface area (Å²) >= 11 is 12.0. The number of hydrogen-bond acceptors (Lipinski definition) is 4. The molecule has 0 bridgehead atoms. The van der Waals surface area contributed by atoms with Crippen LogP contribution in [-0.2, 0) is 20.9 Å². The lowest BCUT2D eigenvalue weighted by Crippen LogP contribution is -2.37. The molecule has 1 N–H and O–H groups in total. The molecule has 2 aromatic rings. The molecule has 144 valence electrons. The van der Waals surface area contributed by atoms with Gasteiger partial charge in [0.1, 0.15) is 0 Å². The summed E-state index contributed by atoms with van der Waals surface area (Å²) in [5, 5.41) is 3.75. The molecule has 2 atom stereocenters. The zero-order valence-electron chi connectivity index (χ0n) is 15.3. The van der Waals surface area contributed by atoms with Gasteiger partial charge in [0.2, 0.25) is 0 Å². The fraction of sp³-hybridized carbons (Fsp3) is 0.300. The van der Waals surface area contributed by atoms with Crippen molar-refractivity contribution in [3.63, 3.8) is 0 Å². The van der Waals surface area contributed by atoms with E-state index in [0.717, 1.165) is 11.1 Å². The molecule has 0 aliphatic rings. The highest BCUT2D eigenvalue weighted by atomic mass is 35.5. The summed E-state index contributed by atoms with van der Waals surface area (Å²) in [6.45, 7) is 3.69. The molecule has 27 heavy (non-hydrogen) atoms. The van der Waals surface area contributed by atoms with Crippen molar-refractivity contribution < 1.29 is 19.1 Å². The molecule has 0 fully saturated rings. The SMILES string of the molecule is COCc1cccc(C(=O)OC(C)C(=O)NC(C)c2ccc(Cl)cc2Cl)c1. The molecule has 0 spiro atoms. The van der Waals surface area contributed by atoms with E-state index in [0.29, 0.717) is 22.2 Å². The van der Waals surface area contributed by atoms with Crippen molar-refractivity contribution >= 4 is 35.1 Å². The van der Waals surface area contributed by atoms with Crippen LogP contribution >= 0.6 is 23.2 Å². The van der Waals surface area contributed by atoms with E-state index in [4.69, 9.17) is 32.7 Å². The first-order valence-electron chi connectivity index (χ1n) is 8.36. The molecule has 2 unspecified atom stereocenters. The number of nitrogens with one attached hydrogen (secondary N) is 1. The van der Waals surface area contributed by atoms with Crippen molar-refractivity contribution in [1.29, 1.82) is 0 Å². The zero-order chi connectivity index (χ0) is 20.0. The Labute approximate surface area is 168 Å². The van der Waals surface area contributed by atoms with Crippen LogP contribution in [0.1, 0.15) is 41.4 Å². The van der Waals surface area contributed by atoms with Gasteiger partial charge >= 0.3 is 5.97 Å². The fourth-order valence-corrected chi connectivity index (χ4v) is 3.07. The normalized spacial score (nSPS) is 12.9. The number of hydrogen-bond donors (Lipinski definition) is 1. The molecule has 2 aromatic carbocycles.